The maximum Gasteiger partial charge on any atom is 0.433 e. The Balaban J connectivity index is 2.15. The summed E-state index contributed by atoms with van der Waals surface area (Å²) in [6.07, 6.45) is -3.90. The number of carbonyl (C=O) groups excluding carboxylic acids is 1. The Bertz CT molecular complexity index is 588. The van der Waals surface area contributed by atoms with E-state index in [0.29, 0.717) is 31.5 Å². The number of nitrogens with one attached hydrogen (secondary N) is 1. The van der Waals surface area contributed by atoms with Gasteiger partial charge in [0, 0.05) is 23.7 Å². The smallest absolute Gasteiger partial charge is 0.393 e. The number of rotatable bonds is 4. The lowest BCUT2D eigenvalue weighted by atomic mass is 9.85. The van der Waals surface area contributed by atoms with E-state index in [2.05, 4.69) is 15.3 Å². The van der Waals surface area contributed by atoms with Crippen LogP contribution in [0.4, 0.5) is 13.2 Å². The van der Waals surface area contributed by atoms with Crippen LogP contribution in [0.1, 0.15) is 42.5 Å². The fraction of sp³-hybridized carbons (Fsp3) is 0.667. The second kappa shape index (κ2) is 6.82. The number of halogens is 3. The monoisotopic (exact) mass is 331 g/mol. The number of carbonyl (C=O) groups is 1. The van der Waals surface area contributed by atoms with E-state index in [1.54, 1.807) is 6.92 Å². The minimum absolute atomic E-state index is 0.00896. The Morgan fingerprint density at radius 2 is 2.13 bits per heavy atom. The molecule has 128 valence electrons. The number of hydrogen-bond donors (Lipinski definition) is 2. The number of amides is 1. The molecule has 1 aromatic rings. The SMILES string of the molecule is Cc1nc2c(c(C(F)(F)F)n1)CC(C(=O)NCCC(C)O)CC2. The zero-order chi connectivity index (χ0) is 17.2. The summed E-state index contributed by atoms with van der Waals surface area (Å²) in [5.74, 6) is -0.718. The van der Waals surface area contributed by atoms with Gasteiger partial charge >= 0.3 is 6.18 Å². The first-order chi connectivity index (χ1) is 10.7. The standard InChI is InChI=1S/C15H20F3N3O2/c1-8(22)5-6-19-14(23)10-3-4-12-11(7-10)13(15(16,17)18)21-9(2)20-12/h8,10,22H,3-7H2,1-2H3,(H,19,23). The second-order valence-electron chi connectivity index (χ2n) is 5.91. The summed E-state index contributed by atoms with van der Waals surface area (Å²) in [6, 6.07) is 0. The van der Waals surface area contributed by atoms with Gasteiger partial charge in [-0.2, -0.15) is 13.2 Å². The average molecular weight is 331 g/mol. The van der Waals surface area contributed by atoms with E-state index in [-0.39, 0.29) is 23.7 Å². The number of aryl methyl sites for hydroxylation is 2. The number of aliphatic hydroxyl groups excluding tert-OH is 1. The quantitative estimate of drug-likeness (QED) is 0.882. The zero-order valence-corrected chi connectivity index (χ0v) is 13.1. The highest BCUT2D eigenvalue weighted by Crippen LogP contribution is 2.35. The Morgan fingerprint density at radius 1 is 1.43 bits per heavy atom. The first-order valence-corrected chi connectivity index (χ1v) is 7.58. The van der Waals surface area contributed by atoms with Crippen LogP contribution in [0.2, 0.25) is 0 Å². The van der Waals surface area contributed by atoms with Crippen molar-refractivity contribution in [3.05, 3.63) is 22.8 Å². The van der Waals surface area contributed by atoms with Crippen molar-refractivity contribution in [1.29, 1.82) is 0 Å². The third-order valence-corrected chi connectivity index (χ3v) is 3.89. The van der Waals surface area contributed by atoms with Gasteiger partial charge in [-0.25, -0.2) is 9.97 Å². The molecule has 1 aliphatic rings. The van der Waals surface area contributed by atoms with Gasteiger partial charge in [-0.15, -0.1) is 0 Å². The van der Waals surface area contributed by atoms with Crippen molar-refractivity contribution < 1.29 is 23.1 Å². The summed E-state index contributed by atoms with van der Waals surface area (Å²) < 4.78 is 39.5. The maximum absolute atomic E-state index is 13.2. The largest absolute Gasteiger partial charge is 0.433 e. The van der Waals surface area contributed by atoms with Crippen LogP contribution in [0.15, 0.2) is 0 Å². The van der Waals surface area contributed by atoms with E-state index >= 15 is 0 Å². The molecule has 1 aliphatic carbocycles. The van der Waals surface area contributed by atoms with Gasteiger partial charge in [0.05, 0.1) is 6.10 Å². The molecule has 1 amide bonds. The van der Waals surface area contributed by atoms with Crippen LogP contribution in [0.3, 0.4) is 0 Å². The topological polar surface area (TPSA) is 75.1 Å². The van der Waals surface area contributed by atoms with Gasteiger partial charge in [-0.3, -0.25) is 4.79 Å². The van der Waals surface area contributed by atoms with Crippen LogP contribution in [0.25, 0.3) is 0 Å². The molecule has 0 fully saturated rings. The van der Waals surface area contributed by atoms with E-state index < -0.39 is 23.9 Å². The maximum atomic E-state index is 13.2. The predicted molar refractivity (Wildman–Crippen MR) is 76.6 cm³/mol. The minimum atomic E-state index is -4.55. The summed E-state index contributed by atoms with van der Waals surface area (Å²) in [4.78, 5) is 19.7. The Morgan fingerprint density at radius 3 is 2.74 bits per heavy atom. The molecule has 0 aromatic carbocycles. The highest BCUT2D eigenvalue weighted by atomic mass is 19.4. The zero-order valence-electron chi connectivity index (χ0n) is 13.1. The van der Waals surface area contributed by atoms with Crippen LogP contribution in [0.5, 0.6) is 0 Å². The number of aromatic nitrogens is 2. The fourth-order valence-corrected chi connectivity index (χ4v) is 2.74. The number of hydrogen-bond acceptors (Lipinski definition) is 4. The molecule has 0 radical (unpaired) electrons. The Labute approximate surface area is 132 Å². The summed E-state index contributed by atoms with van der Waals surface area (Å²) in [6.45, 7) is 3.35. The van der Waals surface area contributed by atoms with Gasteiger partial charge in [-0.05, 0) is 39.5 Å². The lowest BCUT2D eigenvalue weighted by molar-refractivity contribution is -0.142. The van der Waals surface area contributed by atoms with Gasteiger partial charge in [-0.1, -0.05) is 0 Å². The van der Waals surface area contributed by atoms with E-state index in [0.717, 1.165) is 0 Å². The van der Waals surface area contributed by atoms with Crippen LogP contribution in [-0.2, 0) is 23.8 Å². The van der Waals surface area contributed by atoms with E-state index in [9.17, 15) is 18.0 Å². The van der Waals surface area contributed by atoms with Gasteiger partial charge in [0.1, 0.15) is 5.82 Å². The van der Waals surface area contributed by atoms with Gasteiger partial charge < -0.3 is 10.4 Å². The van der Waals surface area contributed by atoms with Crippen molar-refractivity contribution in [3.63, 3.8) is 0 Å². The van der Waals surface area contributed by atoms with Crippen molar-refractivity contribution in [2.45, 2.75) is 51.8 Å². The number of aliphatic hydroxyl groups is 1. The number of nitrogens with zero attached hydrogens (tertiary/aromatic N) is 2. The molecule has 1 aromatic heterocycles. The van der Waals surface area contributed by atoms with Crippen molar-refractivity contribution in [2.75, 3.05) is 6.54 Å². The molecule has 2 rings (SSSR count). The molecule has 5 nitrogen and oxygen atoms in total. The van der Waals surface area contributed by atoms with Gasteiger partial charge in [0.15, 0.2) is 5.69 Å². The molecule has 0 saturated heterocycles. The predicted octanol–water partition coefficient (Wildman–Crippen LogP) is 1.80. The molecule has 0 saturated carbocycles. The Hall–Kier alpha value is -1.70. The van der Waals surface area contributed by atoms with Crippen molar-refractivity contribution in [3.8, 4) is 0 Å². The van der Waals surface area contributed by atoms with Crippen LogP contribution in [0, 0.1) is 12.8 Å². The molecule has 23 heavy (non-hydrogen) atoms. The molecule has 2 N–H and O–H groups in total. The van der Waals surface area contributed by atoms with Crippen LogP contribution < -0.4 is 5.32 Å². The first kappa shape index (κ1) is 17.7. The molecule has 0 bridgehead atoms. The third kappa shape index (κ3) is 4.40. The van der Waals surface area contributed by atoms with Crippen molar-refractivity contribution >= 4 is 5.91 Å². The molecule has 0 aliphatic heterocycles. The van der Waals surface area contributed by atoms with Crippen molar-refractivity contribution in [2.24, 2.45) is 5.92 Å². The molecule has 2 atom stereocenters. The average Bonchev–Trinajstić information content (AvgIpc) is 2.44. The normalized spacial score (nSPS) is 19.1. The van der Waals surface area contributed by atoms with E-state index in [4.69, 9.17) is 5.11 Å². The fourth-order valence-electron chi connectivity index (χ4n) is 2.74. The highest BCUT2D eigenvalue weighted by molar-refractivity contribution is 5.79. The van der Waals surface area contributed by atoms with E-state index in [1.807, 2.05) is 0 Å². The van der Waals surface area contributed by atoms with Crippen molar-refractivity contribution in [1.82, 2.24) is 15.3 Å². The molecular formula is C15H20F3N3O2. The number of fused-ring (bicyclic) bond motifs is 1. The molecule has 2 unspecified atom stereocenters. The highest BCUT2D eigenvalue weighted by Gasteiger charge is 2.39. The second-order valence-corrected chi connectivity index (χ2v) is 5.91. The number of alkyl halides is 3. The summed E-state index contributed by atoms with van der Waals surface area (Å²) >= 11 is 0. The van der Waals surface area contributed by atoms with Crippen LogP contribution in [-0.4, -0.2) is 33.6 Å². The summed E-state index contributed by atoms with van der Waals surface area (Å²) in [5, 5.41) is 11.8. The molecule has 8 heteroatoms. The lowest BCUT2D eigenvalue weighted by Gasteiger charge is -2.25. The van der Waals surface area contributed by atoms with E-state index in [1.165, 1.54) is 6.92 Å². The third-order valence-electron chi connectivity index (χ3n) is 3.89. The first-order valence-electron chi connectivity index (χ1n) is 7.58. The minimum Gasteiger partial charge on any atom is -0.393 e. The molecule has 1 heterocycles. The van der Waals surface area contributed by atoms with Gasteiger partial charge in [0.2, 0.25) is 5.91 Å². The van der Waals surface area contributed by atoms with Crippen LogP contribution >= 0.6 is 0 Å². The Kier molecular flexibility index (Phi) is 5.23. The lowest BCUT2D eigenvalue weighted by Crippen LogP contribution is -2.36. The molecular weight excluding hydrogens is 311 g/mol. The van der Waals surface area contributed by atoms with Gasteiger partial charge in [0.25, 0.3) is 0 Å². The molecule has 0 spiro atoms. The summed E-state index contributed by atoms with van der Waals surface area (Å²) in [7, 11) is 0. The summed E-state index contributed by atoms with van der Waals surface area (Å²) in [5.41, 5.74) is -0.510.